The van der Waals surface area contributed by atoms with Gasteiger partial charge in [-0.15, -0.1) is 11.8 Å². The van der Waals surface area contributed by atoms with Crippen LogP contribution < -0.4 is 9.47 Å². The Morgan fingerprint density at radius 2 is 1.83 bits per heavy atom. The van der Waals surface area contributed by atoms with Crippen LogP contribution in [0, 0.1) is 0 Å². The number of allylic oxidation sites excluding steroid dienone is 1. The van der Waals surface area contributed by atoms with E-state index in [2.05, 4.69) is 16.9 Å². The van der Waals surface area contributed by atoms with Gasteiger partial charge in [-0.05, 0) is 42.0 Å². The van der Waals surface area contributed by atoms with Crippen molar-refractivity contribution in [2.75, 3.05) is 7.11 Å². The molecule has 0 atom stereocenters. The van der Waals surface area contributed by atoms with E-state index in [0.29, 0.717) is 0 Å². The first-order valence-electron chi connectivity index (χ1n) is 9.17. The van der Waals surface area contributed by atoms with Crippen LogP contribution in [0.25, 0.3) is 6.08 Å². The quantitative estimate of drug-likeness (QED) is 0.223. The summed E-state index contributed by atoms with van der Waals surface area (Å²) in [5.41, 5.74) is 2.12. The van der Waals surface area contributed by atoms with Gasteiger partial charge >= 0.3 is 6.61 Å². The lowest BCUT2D eigenvalue weighted by molar-refractivity contribution is -0.0498. The molecular formula is C24H20F2O3S. The molecule has 30 heavy (non-hydrogen) atoms. The second-order valence-electron chi connectivity index (χ2n) is 6.28. The fraction of sp³-hybridized carbons (Fsp3) is 0.125. The van der Waals surface area contributed by atoms with Crippen LogP contribution in [-0.2, 0) is 5.75 Å². The van der Waals surface area contributed by atoms with E-state index in [1.807, 2.05) is 36.4 Å². The first-order chi connectivity index (χ1) is 14.5. The molecule has 0 bridgehead atoms. The van der Waals surface area contributed by atoms with E-state index in [1.54, 1.807) is 31.0 Å². The van der Waals surface area contributed by atoms with Crippen molar-refractivity contribution in [2.24, 2.45) is 0 Å². The summed E-state index contributed by atoms with van der Waals surface area (Å²) in [5, 5.41) is 0. The van der Waals surface area contributed by atoms with E-state index in [0.717, 1.165) is 22.6 Å². The second-order valence-corrected chi connectivity index (χ2v) is 7.33. The molecule has 0 heterocycles. The van der Waals surface area contributed by atoms with E-state index in [-0.39, 0.29) is 17.1 Å². The van der Waals surface area contributed by atoms with Crippen LogP contribution in [0.2, 0.25) is 0 Å². The van der Waals surface area contributed by atoms with Gasteiger partial charge in [-0.25, -0.2) is 0 Å². The van der Waals surface area contributed by atoms with E-state index >= 15 is 0 Å². The Morgan fingerprint density at radius 1 is 1.03 bits per heavy atom. The number of thioether (sulfide) groups is 1. The molecule has 0 saturated carbocycles. The predicted molar refractivity (Wildman–Crippen MR) is 115 cm³/mol. The van der Waals surface area contributed by atoms with Crippen LogP contribution in [0.5, 0.6) is 11.5 Å². The molecule has 3 nitrogen and oxygen atoms in total. The molecule has 0 N–H and O–H groups in total. The Bertz CT molecular complexity index is 1020. The normalized spacial score (nSPS) is 11.1. The van der Waals surface area contributed by atoms with E-state index in [1.165, 1.54) is 29.2 Å². The number of ether oxygens (including phenoxy) is 2. The number of alkyl halides is 2. The van der Waals surface area contributed by atoms with E-state index in [9.17, 15) is 13.6 Å². The van der Waals surface area contributed by atoms with Gasteiger partial charge in [0.2, 0.25) is 0 Å². The highest BCUT2D eigenvalue weighted by molar-refractivity contribution is 7.98. The smallest absolute Gasteiger partial charge is 0.387 e. The summed E-state index contributed by atoms with van der Waals surface area (Å²) in [6.07, 6.45) is 3.06. The van der Waals surface area contributed by atoms with Gasteiger partial charge in [0.15, 0.2) is 5.78 Å². The predicted octanol–water partition coefficient (Wildman–Crippen LogP) is 6.49. The zero-order valence-corrected chi connectivity index (χ0v) is 17.1. The molecule has 0 fully saturated rings. The highest BCUT2D eigenvalue weighted by atomic mass is 32.2. The first-order valence-corrected chi connectivity index (χ1v) is 10.2. The summed E-state index contributed by atoms with van der Waals surface area (Å²) < 4.78 is 34.5. The van der Waals surface area contributed by atoms with Crippen molar-refractivity contribution in [2.45, 2.75) is 17.3 Å². The maximum Gasteiger partial charge on any atom is 0.387 e. The van der Waals surface area contributed by atoms with Crippen molar-refractivity contribution in [3.05, 3.63) is 95.6 Å². The topological polar surface area (TPSA) is 35.5 Å². The number of carbonyl (C=O) groups excluding carboxylic acids is 1. The molecule has 0 aliphatic rings. The van der Waals surface area contributed by atoms with Crippen molar-refractivity contribution in [1.29, 1.82) is 0 Å². The largest absolute Gasteiger partial charge is 0.496 e. The van der Waals surface area contributed by atoms with Crippen LogP contribution in [0.1, 0.15) is 21.5 Å². The van der Waals surface area contributed by atoms with Crippen LogP contribution in [0.3, 0.4) is 0 Å². The number of rotatable bonds is 9. The molecule has 3 aromatic carbocycles. The summed E-state index contributed by atoms with van der Waals surface area (Å²) in [5.74, 6) is 1.14. The van der Waals surface area contributed by atoms with Crippen molar-refractivity contribution in [3.8, 4) is 11.5 Å². The lowest BCUT2D eigenvalue weighted by Gasteiger charge is -2.09. The number of hydrogen-bond donors (Lipinski definition) is 0. The Balaban J connectivity index is 1.68. The van der Waals surface area contributed by atoms with Gasteiger partial charge < -0.3 is 9.47 Å². The second kappa shape index (κ2) is 10.6. The number of benzene rings is 3. The molecule has 0 aliphatic heterocycles. The number of methoxy groups -OCH3 is 1. The molecule has 154 valence electrons. The number of halogens is 2. The van der Waals surface area contributed by atoms with Crippen molar-refractivity contribution in [1.82, 2.24) is 0 Å². The fourth-order valence-corrected chi connectivity index (χ4v) is 3.67. The summed E-state index contributed by atoms with van der Waals surface area (Å²) in [6.45, 7) is -2.93. The monoisotopic (exact) mass is 426 g/mol. The van der Waals surface area contributed by atoms with Gasteiger partial charge in [0, 0.05) is 21.8 Å². The minimum atomic E-state index is -2.93. The number of hydrogen-bond acceptors (Lipinski definition) is 4. The average molecular weight is 426 g/mol. The van der Waals surface area contributed by atoms with Gasteiger partial charge in [-0.1, -0.05) is 48.5 Å². The van der Waals surface area contributed by atoms with Crippen LogP contribution in [0.4, 0.5) is 8.78 Å². The Morgan fingerprint density at radius 3 is 2.57 bits per heavy atom. The maximum atomic E-state index is 12.4. The third-order valence-electron chi connectivity index (χ3n) is 4.22. The standard InChI is InChI=1S/C24H20F2O3S/c1-28-23-14-17(10-12-19(23)16-30-21-8-3-2-4-9-21)11-13-22(27)18-6-5-7-20(15-18)29-24(25)26/h2-15,24H,16H2,1H3/b13-11+. The molecule has 0 amide bonds. The molecule has 0 aromatic heterocycles. The molecule has 3 rings (SSSR count). The summed E-state index contributed by atoms with van der Waals surface area (Å²) >= 11 is 1.71. The van der Waals surface area contributed by atoms with Gasteiger partial charge in [0.05, 0.1) is 7.11 Å². The van der Waals surface area contributed by atoms with Crippen LogP contribution in [-0.4, -0.2) is 19.5 Å². The molecule has 0 radical (unpaired) electrons. The lowest BCUT2D eigenvalue weighted by Crippen LogP contribution is -2.03. The lowest BCUT2D eigenvalue weighted by atomic mass is 10.1. The molecule has 0 spiro atoms. The third kappa shape index (κ3) is 6.19. The number of ketones is 1. The molecular weight excluding hydrogens is 406 g/mol. The van der Waals surface area contributed by atoms with Crippen molar-refractivity contribution < 1.29 is 23.0 Å². The summed E-state index contributed by atoms with van der Waals surface area (Å²) in [7, 11) is 1.61. The molecule has 3 aromatic rings. The molecule has 0 aliphatic carbocycles. The Hall–Kier alpha value is -3.12. The van der Waals surface area contributed by atoms with Crippen LogP contribution >= 0.6 is 11.8 Å². The number of carbonyl (C=O) groups is 1. The zero-order valence-electron chi connectivity index (χ0n) is 16.3. The SMILES string of the molecule is COc1cc(/C=C/C(=O)c2cccc(OC(F)F)c2)ccc1CSc1ccccc1. The van der Waals surface area contributed by atoms with Crippen LogP contribution in [0.15, 0.2) is 83.8 Å². The van der Waals surface area contributed by atoms with E-state index in [4.69, 9.17) is 4.74 Å². The minimum absolute atomic E-state index is 0.0498. The highest BCUT2D eigenvalue weighted by Gasteiger charge is 2.08. The molecule has 0 saturated heterocycles. The summed E-state index contributed by atoms with van der Waals surface area (Å²) in [4.78, 5) is 13.5. The van der Waals surface area contributed by atoms with Gasteiger partial charge in [0.25, 0.3) is 0 Å². The van der Waals surface area contributed by atoms with E-state index < -0.39 is 6.61 Å². The van der Waals surface area contributed by atoms with Crippen molar-refractivity contribution in [3.63, 3.8) is 0 Å². The van der Waals surface area contributed by atoms with Gasteiger partial charge in [-0.2, -0.15) is 8.78 Å². The molecule has 0 unspecified atom stereocenters. The zero-order chi connectivity index (χ0) is 21.3. The first kappa shape index (κ1) is 21.6. The maximum absolute atomic E-state index is 12.4. The minimum Gasteiger partial charge on any atom is -0.496 e. The third-order valence-corrected chi connectivity index (χ3v) is 5.28. The summed E-state index contributed by atoms with van der Waals surface area (Å²) in [6, 6.07) is 21.6. The highest BCUT2D eigenvalue weighted by Crippen LogP contribution is 2.29. The van der Waals surface area contributed by atoms with Crippen molar-refractivity contribution >= 4 is 23.6 Å². The fourth-order valence-electron chi connectivity index (χ4n) is 2.76. The average Bonchev–Trinajstić information content (AvgIpc) is 2.76. The Labute approximate surface area is 178 Å². The molecule has 6 heteroatoms. The Kier molecular flexibility index (Phi) is 7.63. The van der Waals surface area contributed by atoms with Gasteiger partial charge in [0.1, 0.15) is 11.5 Å². The van der Waals surface area contributed by atoms with Gasteiger partial charge in [-0.3, -0.25) is 4.79 Å².